The number of benzene rings is 1. The number of nitrogens with zero attached hydrogens (tertiary/aromatic N) is 2. The van der Waals surface area contributed by atoms with Gasteiger partial charge in [-0.1, -0.05) is 12.1 Å². The van der Waals surface area contributed by atoms with Gasteiger partial charge in [0.05, 0.1) is 5.69 Å². The van der Waals surface area contributed by atoms with Gasteiger partial charge in [-0.25, -0.2) is 4.98 Å². The Bertz CT molecular complexity index is 675. The maximum absolute atomic E-state index is 9.27. The molecule has 4 nitrogen and oxygen atoms in total. The summed E-state index contributed by atoms with van der Waals surface area (Å²) in [5.41, 5.74) is 3.01. The molecule has 4 heteroatoms. The van der Waals surface area contributed by atoms with Crippen LogP contribution in [-0.2, 0) is 12.8 Å². The van der Waals surface area contributed by atoms with E-state index in [9.17, 15) is 5.11 Å². The van der Waals surface area contributed by atoms with Gasteiger partial charge in [-0.05, 0) is 42.7 Å². The number of pyridine rings is 1. The summed E-state index contributed by atoms with van der Waals surface area (Å²) >= 11 is 0. The first-order chi connectivity index (χ1) is 9.83. The second-order valence-electron chi connectivity index (χ2n) is 4.54. The lowest BCUT2D eigenvalue weighted by Gasteiger charge is -2.02. The average molecular weight is 266 g/mol. The second-order valence-corrected chi connectivity index (χ2v) is 4.54. The molecule has 2 aromatic heterocycles. The molecule has 0 bridgehead atoms. The van der Waals surface area contributed by atoms with Gasteiger partial charge < -0.3 is 9.52 Å². The molecule has 3 aromatic rings. The topological polar surface area (TPSA) is 59.2 Å². The molecular weight excluding hydrogens is 252 g/mol. The van der Waals surface area contributed by atoms with E-state index in [-0.39, 0.29) is 5.75 Å². The number of rotatable bonds is 4. The van der Waals surface area contributed by atoms with Crippen LogP contribution in [0.3, 0.4) is 0 Å². The number of aryl methyl sites for hydroxylation is 2. The third kappa shape index (κ3) is 2.69. The number of aromatic hydroxyl groups is 1. The van der Waals surface area contributed by atoms with Crippen molar-refractivity contribution in [1.29, 1.82) is 0 Å². The molecule has 20 heavy (non-hydrogen) atoms. The summed E-state index contributed by atoms with van der Waals surface area (Å²) < 4.78 is 5.47. The van der Waals surface area contributed by atoms with Crippen molar-refractivity contribution in [3.63, 3.8) is 0 Å². The molecule has 0 aliphatic heterocycles. The van der Waals surface area contributed by atoms with Gasteiger partial charge in [-0.2, -0.15) is 0 Å². The van der Waals surface area contributed by atoms with Crippen LogP contribution in [-0.4, -0.2) is 15.1 Å². The largest absolute Gasteiger partial charge is 0.508 e. The molecule has 1 N–H and O–H groups in total. The molecular formula is C16H14N2O2. The maximum Gasteiger partial charge on any atom is 0.181 e. The Morgan fingerprint density at radius 3 is 2.65 bits per heavy atom. The summed E-state index contributed by atoms with van der Waals surface area (Å²) in [4.78, 5) is 8.38. The normalized spacial score (nSPS) is 10.6. The van der Waals surface area contributed by atoms with E-state index in [0.717, 1.165) is 35.4 Å². The summed E-state index contributed by atoms with van der Waals surface area (Å²) in [6.07, 6.45) is 6.60. The lowest BCUT2D eigenvalue weighted by molar-refractivity contribution is 0.475. The zero-order chi connectivity index (χ0) is 13.8. The van der Waals surface area contributed by atoms with Gasteiger partial charge in [0.2, 0.25) is 0 Å². The van der Waals surface area contributed by atoms with Crippen LogP contribution in [0.2, 0.25) is 0 Å². The van der Waals surface area contributed by atoms with Crippen molar-refractivity contribution in [2.45, 2.75) is 12.8 Å². The summed E-state index contributed by atoms with van der Waals surface area (Å²) in [5, 5.41) is 9.27. The Labute approximate surface area is 116 Å². The van der Waals surface area contributed by atoms with E-state index in [2.05, 4.69) is 9.97 Å². The highest BCUT2D eigenvalue weighted by Gasteiger charge is 2.10. The number of hydrogen-bond acceptors (Lipinski definition) is 4. The van der Waals surface area contributed by atoms with Crippen LogP contribution in [0, 0.1) is 0 Å². The standard InChI is InChI=1S/C16H14N2O2/c19-14-6-3-12(4-7-14)5-8-15-16(20-11-18-15)13-2-1-9-17-10-13/h1-4,6-7,9-11,19H,5,8H2. The lowest BCUT2D eigenvalue weighted by atomic mass is 10.1. The first-order valence-corrected chi connectivity index (χ1v) is 6.43. The first kappa shape index (κ1) is 12.4. The zero-order valence-corrected chi connectivity index (χ0v) is 10.9. The van der Waals surface area contributed by atoms with Crippen LogP contribution < -0.4 is 0 Å². The molecule has 0 aliphatic rings. The van der Waals surface area contributed by atoms with Crippen molar-refractivity contribution < 1.29 is 9.52 Å². The molecule has 100 valence electrons. The predicted molar refractivity (Wildman–Crippen MR) is 75.2 cm³/mol. The van der Waals surface area contributed by atoms with E-state index in [1.807, 2.05) is 24.3 Å². The van der Waals surface area contributed by atoms with Crippen LogP contribution >= 0.6 is 0 Å². The number of oxazole rings is 1. The van der Waals surface area contributed by atoms with Crippen LogP contribution in [0.25, 0.3) is 11.3 Å². The van der Waals surface area contributed by atoms with Crippen LogP contribution in [0.5, 0.6) is 5.75 Å². The Hall–Kier alpha value is -2.62. The molecule has 0 radical (unpaired) electrons. The molecule has 1 aromatic carbocycles. The minimum atomic E-state index is 0.284. The van der Waals surface area contributed by atoms with Crippen molar-refractivity contribution in [3.05, 3.63) is 66.4 Å². The molecule has 2 heterocycles. The lowest BCUT2D eigenvalue weighted by Crippen LogP contribution is -1.93. The Morgan fingerprint density at radius 1 is 1.05 bits per heavy atom. The summed E-state index contributed by atoms with van der Waals surface area (Å²) in [6.45, 7) is 0. The van der Waals surface area contributed by atoms with E-state index >= 15 is 0 Å². The molecule has 0 saturated carbocycles. The van der Waals surface area contributed by atoms with Gasteiger partial charge in [-0.3, -0.25) is 4.98 Å². The summed E-state index contributed by atoms with van der Waals surface area (Å²) in [7, 11) is 0. The third-order valence-electron chi connectivity index (χ3n) is 3.15. The predicted octanol–water partition coefficient (Wildman–Crippen LogP) is 3.23. The molecule has 0 aliphatic carbocycles. The maximum atomic E-state index is 9.27. The van der Waals surface area contributed by atoms with Gasteiger partial charge in [0.15, 0.2) is 12.2 Å². The van der Waals surface area contributed by atoms with Crippen molar-refractivity contribution >= 4 is 0 Å². The fourth-order valence-electron chi connectivity index (χ4n) is 2.10. The quantitative estimate of drug-likeness (QED) is 0.787. The second kappa shape index (κ2) is 5.57. The van der Waals surface area contributed by atoms with Crippen molar-refractivity contribution in [2.24, 2.45) is 0 Å². The Balaban J connectivity index is 1.76. The molecule has 3 rings (SSSR count). The average Bonchev–Trinajstić information content (AvgIpc) is 2.96. The Morgan fingerprint density at radius 2 is 1.90 bits per heavy atom. The van der Waals surface area contributed by atoms with Gasteiger partial charge in [0, 0.05) is 18.0 Å². The number of aromatic nitrogens is 2. The summed E-state index contributed by atoms with van der Waals surface area (Å²) in [5.74, 6) is 1.06. The number of phenolic OH excluding ortho intramolecular Hbond substituents is 1. The monoisotopic (exact) mass is 266 g/mol. The molecule has 0 fully saturated rings. The smallest absolute Gasteiger partial charge is 0.181 e. The molecule has 0 amide bonds. The SMILES string of the molecule is Oc1ccc(CCc2ncoc2-c2cccnc2)cc1. The third-order valence-corrected chi connectivity index (χ3v) is 3.15. The number of hydrogen-bond donors (Lipinski definition) is 1. The highest BCUT2D eigenvalue weighted by atomic mass is 16.3. The van der Waals surface area contributed by atoms with E-state index in [4.69, 9.17) is 4.42 Å². The van der Waals surface area contributed by atoms with E-state index in [0.29, 0.717) is 0 Å². The fraction of sp³-hybridized carbons (Fsp3) is 0.125. The van der Waals surface area contributed by atoms with Gasteiger partial charge in [-0.15, -0.1) is 0 Å². The highest BCUT2D eigenvalue weighted by Crippen LogP contribution is 2.23. The Kier molecular flexibility index (Phi) is 3.46. The van der Waals surface area contributed by atoms with Crippen LogP contribution in [0.15, 0.2) is 59.6 Å². The van der Waals surface area contributed by atoms with Crippen molar-refractivity contribution in [1.82, 2.24) is 9.97 Å². The van der Waals surface area contributed by atoms with Crippen LogP contribution in [0.4, 0.5) is 0 Å². The van der Waals surface area contributed by atoms with Gasteiger partial charge >= 0.3 is 0 Å². The molecule has 0 atom stereocenters. The zero-order valence-electron chi connectivity index (χ0n) is 10.9. The summed E-state index contributed by atoms with van der Waals surface area (Å²) in [6, 6.07) is 11.1. The van der Waals surface area contributed by atoms with E-state index in [1.165, 1.54) is 6.39 Å². The van der Waals surface area contributed by atoms with Crippen molar-refractivity contribution in [2.75, 3.05) is 0 Å². The fourth-order valence-corrected chi connectivity index (χ4v) is 2.10. The molecule has 0 spiro atoms. The van der Waals surface area contributed by atoms with E-state index in [1.54, 1.807) is 24.5 Å². The highest BCUT2D eigenvalue weighted by molar-refractivity contribution is 5.58. The minimum absolute atomic E-state index is 0.284. The van der Waals surface area contributed by atoms with Crippen LogP contribution in [0.1, 0.15) is 11.3 Å². The van der Waals surface area contributed by atoms with Gasteiger partial charge in [0.25, 0.3) is 0 Å². The van der Waals surface area contributed by atoms with Crippen molar-refractivity contribution in [3.8, 4) is 17.1 Å². The van der Waals surface area contributed by atoms with Gasteiger partial charge in [0.1, 0.15) is 5.75 Å². The first-order valence-electron chi connectivity index (χ1n) is 6.43. The molecule has 0 unspecified atom stereocenters. The van der Waals surface area contributed by atoms with E-state index < -0.39 is 0 Å². The number of phenols is 1. The minimum Gasteiger partial charge on any atom is -0.508 e. The molecule has 0 saturated heterocycles.